The molecular weight excluding hydrogens is 442 g/mol. The van der Waals surface area contributed by atoms with E-state index in [2.05, 4.69) is 4.98 Å². The Labute approximate surface area is 197 Å². The zero-order chi connectivity index (χ0) is 23.2. The summed E-state index contributed by atoms with van der Waals surface area (Å²) in [6.45, 7) is 0.767. The van der Waals surface area contributed by atoms with Gasteiger partial charge in [0.15, 0.2) is 0 Å². The molecule has 0 spiro atoms. The Kier molecular flexibility index (Phi) is 7.52. The molecule has 8 heteroatoms. The van der Waals surface area contributed by atoms with Crippen LogP contribution in [0.1, 0.15) is 25.7 Å². The van der Waals surface area contributed by atoms with Crippen molar-refractivity contribution in [2.75, 3.05) is 13.2 Å². The van der Waals surface area contributed by atoms with Gasteiger partial charge in [-0.1, -0.05) is 41.9 Å². The number of ether oxygens (including phenoxy) is 1. The van der Waals surface area contributed by atoms with E-state index in [1.807, 2.05) is 30.3 Å². The average molecular weight is 468 g/mol. The fourth-order valence-corrected chi connectivity index (χ4v) is 4.52. The van der Waals surface area contributed by atoms with Gasteiger partial charge in [-0.2, -0.15) is 5.10 Å². The Morgan fingerprint density at radius 3 is 2.48 bits per heavy atom. The molecule has 0 bridgehead atoms. The highest BCUT2D eigenvalue weighted by Crippen LogP contribution is 2.32. The van der Waals surface area contributed by atoms with Gasteiger partial charge in [-0.3, -0.25) is 9.78 Å². The third-order valence-corrected chi connectivity index (χ3v) is 6.24. The number of hydrogen-bond donors (Lipinski definition) is 1. The van der Waals surface area contributed by atoms with E-state index in [0.717, 1.165) is 42.5 Å². The molecule has 1 N–H and O–H groups in total. The van der Waals surface area contributed by atoms with E-state index in [9.17, 15) is 9.59 Å². The lowest BCUT2D eigenvalue weighted by Gasteiger charge is -2.28. The molecule has 172 valence electrons. The summed E-state index contributed by atoms with van der Waals surface area (Å²) < 4.78 is 6.82. The third-order valence-electron chi connectivity index (χ3n) is 6.04. The summed E-state index contributed by atoms with van der Waals surface area (Å²) in [5, 5.41) is 14.0. The fourth-order valence-electron chi connectivity index (χ4n) is 4.35. The first-order valence-corrected chi connectivity index (χ1v) is 11.5. The maximum absolute atomic E-state index is 13.0. The van der Waals surface area contributed by atoms with Crippen LogP contribution >= 0.6 is 11.6 Å². The molecule has 1 aliphatic rings. The van der Waals surface area contributed by atoms with Crippen molar-refractivity contribution in [1.29, 1.82) is 0 Å². The molecule has 0 radical (unpaired) electrons. The first-order chi connectivity index (χ1) is 16.0. The minimum atomic E-state index is -0.944. The molecular formula is C25H26ClN3O4. The fraction of sp³-hybridized carbons (Fsp3) is 0.360. The highest BCUT2D eigenvalue weighted by atomic mass is 35.5. The van der Waals surface area contributed by atoms with Crippen molar-refractivity contribution in [2.24, 2.45) is 11.8 Å². The van der Waals surface area contributed by atoms with Crippen LogP contribution in [0.25, 0.3) is 22.4 Å². The van der Waals surface area contributed by atoms with E-state index in [4.69, 9.17) is 26.5 Å². The number of rotatable bonds is 8. The first-order valence-electron chi connectivity index (χ1n) is 11.1. The van der Waals surface area contributed by atoms with Crippen LogP contribution in [0.4, 0.5) is 0 Å². The zero-order valence-electron chi connectivity index (χ0n) is 18.2. The lowest BCUT2D eigenvalue weighted by atomic mass is 9.82. The highest BCUT2D eigenvalue weighted by molar-refractivity contribution is 6.30. The molecule has 4 rings (SSSR count). The van der Waals surface area contributed by atoms with Crippen LogP contribution in [-0.4, -0.2) is 39.1 Å². The van der Waals surface area contributed by atoms with Crippen LogP contribution in [0.5, 0.6) is 0 Å². The van der Waals surface area contributed by atoms with E-state index in [-0.39, 0.29) is 12.2 Å². The summed E-state index contributed by atoms with van der Waals surface area (Å²) in [5.74, 6) is -0.239. The van der Waals surface area contributed by atoms with Gasteiger partial charge < -0.3 is 9.84 Å². The van der Waals surface area contributed by atoms with Crippen molar-refractivity contribution in [1.82, 2.24) is 14.8 Å². The predicted molar refractivity (Wildman–Crippen MR) is 126 cm³/mol. The summed E-state index contributed by atoms with van der Waals surface area (Å²) >= 11 is 6.15. The normalized spacial score (nSPS) is 18.2. The Hall–Kier alpha value is -3.03. The van der Waals surface area contributed by atoms with Gasteiger partial charge in [0.05, 0.1) is 17.3 Å². The number of nitrogens with zero attached hydrogens (tertiary/aromatic N) is 3. The Morgan fingerprint density at radius 2 is 1.79 bits per heavy atom. The smallest absolute Gasteiger partial charge is 0.329 e. The molecule has 2 heterocycles. The molecule has 3 aromatic rings. The Balaban J connectivity index is 1.54. The van der Waals surface area contributed by atoms with Crippen LogP contribution in [0.15, 0.2) is 59.7 Å². The minimum Gasteiger partial charge on any atom is -0.480 e. The van der Waals surface area contributed by atoms with Crippen molar-refractivity contribution >= 4 is 17.6 Å². The maximum Gasteiger partial charge on any atom is 0.329 e. The first kappa shape index (κ1) is 23.1. The summed E-state index contributed by atoms with van der Waals surface area (Å²) in [6.07, 6.45) is 7.07. The van der Waals surface area contributed by atoms with Crippen LogP contribution in [0.2, 0.25) is 5.02 Å². The van der Waals surface area contributed by atoms with E-state index in [0.29, 0.717) is 35.6 Å². The third kappa shape index (κ3) is 6.06. The summed E-state index contributed by atoms with van der Waals surface area (Å²) in [7, 11) is 0. The molecule has 1 fully saturated rings. The van der Waals surface area contributed by atoms with Crippen molar-refractivity contribution < 1.29 is 14.6 Å². The lowest BCUT2D eigenvalue weighted by molar-refractivity contribution is -0.142. The van der Waals surface area contributed by atoms with Gasteiger partial charge >= 0.3 is 5.97 Å². The molecule has 0 unspecified atom stereocenters. The summed E-state index contributed by atoms with van der Waals surface area (Å²) in [5.41, 5.74) is 2.93. The lowest BCUT2D eigenvalue weighted by Crippen LogP contribution is -2.29. The molecule has 1 aliphatic carbocycles. The second kappa shape index (κ2) is 10.7. The minimum absolute atomic E-state index is 0.156. The molecule has 0 atom stereocenters. The number of halogens is 1. The quantitative estimate of drug-likeness (QED) is 0.523. The number of benzene rings is 1. The van der Waals surface area contributed by atoms with Crippen LogP contribution < -0.4 is 5.56 Å². The molecule has 0 amide bonds. The number of aromatic nitrogens is 3. The summed E-state index contributed by atoms with van der Waals surface area (Å²) in [4.78, 5) is 27.8. The molecule has 1 saturated carbocycles. The van der Waals surface area contributed by atoms with E-state index < -0.39 is 5.97 Å². The number of carboxylic acid groups (broad SMARTS) is 1. The number of carbonyl (C=O) groups is 1. The monoisotopic (exact) mass is 467 g/mol. The number of aliphatic carboxylic acids is 1. The molecule has 2 aromatic heterocycles. The van der Waals surface area contributed by atoms with Gasteiger partial charge in [-0.15, -0.1) is 0 Å². The van der Waals surface area contributed by atoms with Gasteiger partial charge in [-0.05, 0) is 43.6 Å². The van der Waals surface area contributed by atoms with Gasteiger partial charge in [-0.25, -0.2) is 9.48 Å². The van der Waals surface area contributed by atoms with Gasteiger partial charge in [0, 0.05) is 41.7 Å². The Bertz CT molecular complexity index is 1160. The SMILES string of the molecule is O=C(O)COC[C@H]1CC[C@@H](Cn2nc(-c3ccccc3)c(-c3cncc(Cl)c3)cc2=O)CC1. The average Bonchev–Trinajstić information content (AvgIpc) is 2.81. The molecule has 33 heavy (non-hydrogen) atoms. The van der Waals surface area contributed by atoms with E-state index in [1.165, 1.54) is 0 Å². The zero-order valence-corrected chi connectivity index (χ0v) is 18.9. The molecule has 1 aromatic carbocycles. The number of carboxylic acids is 1. The van der Waals surface area contributed by atoms with Gasteiger partial charge in [0.1, 0.15) is 6.61 Å². The Morgan fingerprint density at radius 1 is 1.06 bits per heavy atom. The van der Waals surface area contributed by atoms with Crippen LogP contribution in [0.3, 0.4) is 0 Å². The number of hydrogen-bond acceptors (Lipinski definition) is 5. The summed E-state index contributed by atoms with van der Waals surface area (Å²) in [6, 6.07) is 13.2. The second-order valence-electron chi connectivity index (χ2n) is 8.48. The van der Waals surface area contributed by atoms with E-state index >= 15 is 0 Å². The van der Waals surface area contributed by atoms with E-state index in [1.54, 1.807) is 29.2 Å². The maximum atomic E-state index is 13.0. The van der Waals surface area contributed by atoms with Crippen molar-refractivity contribution in [2.45, 2.75) is 32.2 Å². The topological polar surface area (TPSA) is 94.3 Å². The van der Waals surface area contributed by atoms with Crippen molar-refractivity contribution in [3.05, 3.63) is 70.2 Å². The van der Waals surface area contributed by atoms with Gasteiger partial charge in [0.25, 0.3) is 5.56 Å². The van der Waals surface area contributed by atoms with Crippen molar-refractivity contribution in [3.8, 4) is 22.4 Å². The van der Waals surface area contributed by atoms with Crippen LogP contribution in [-0.2, 0) is 16.1 Å². The largest absolute Gasteiger partial charge is 0.480 e. The standard InChI is InChI=1S/C25H26ClN3O4/c26-21-10-20(12-27-13-21)22-11-23(30)29(28-25(22)19-4-2-1-3-5-19)14-17-6-8-18(9-7-17)15-33-16-24(31)32/h1-5,10-13,17-18H,6-9,14-16H2,(H,31,32)/t17-,18+. The molecule has 0 saturated heterocycles. The highest BCUT2D eigenvalue weighted by Gasteiger charge is 2.23. The predicted octanol–water partition coefficient (Wildman–Crippen LogP) is 4.53. The molecule has 7 nitrogen and oxygen atoms in total. The number of pyridine rings is 1. The van der Waals surface area contributed by atoms with Crippen LogP contribution in [0, 0.1) is 11.8 Å². The molecule has 0 aliphatic heterocycles. The van der Waals surface area contributed by atoms with Crippen molar-refractivity contribution in [3.63, 3.8) is 0 Å². The van der Waals surface area contributed by atoms with Gasteiger partial charge in [0.2, 0.25) is 0 Å². The second-order valence-corrected chi connectivity index (χ2v) is 8.92.